The Morgan fingerprint density at radius 3 is 2.56 bits per heavy atom. The van der Waals surface area contributed by atoms with Gasteiger partial charge in [-0.25, -0.2) is 0 Å². The van der Waals surface area contributed by atoms with Crippen LogP contribution in [-0.2, 0) is 14.0 Å². The Labute approximate surface area is 168 Å². The third-order valence-corrected chi connectivity index (χ3v) is 10.5. The summed E-state index contributed by atoms with van der Waals surface area (Å²) < 4.78 is 11.8. The summed E-state index contributed by atoms with van der Waals surface area (Å²) in [7, 11) is -1.80. The Morgan fingerprint density at radius 1 is 1.26 bits per heavy atom. The quantitative estimate of drug-likeness (QED) is 0.170. The van der Waals surface area contributed by atoms with Gasteiger partial charge in [0.25, 0.3) is 0 Å². The zero-order valence-corrected chi connectivity index (χ0v) is 19.7. The van der Waals surface area contributed by atoms with E-state index in [1.165, 1.54) is 19.3 Å². The van der Waals surface area contributed by atoms with Gasteiger partial charge in [-0.3, -0.25) is 4.79 Å². The number of allylic oxidation sites excluding steroid dienone is 3. The molecule has 27 heavy (non-hydrogen) atoms. The van der Waals surface area contributed by atoms with Gasteiger partial charge in [0.15, 0.2) is 8.32 Å². The molecule has 0 fully saturated rings. The average Bonchev–Trinajstić information content (AvgIpc) is 2.98. The lowest BCUT2D eigenvalue weighted by molar-refractivity contribution is -0.144. The first-order valence-electron chi connectivity index (χ1n) is 10.8. The van der Waals surface area contributed by atoms with Crippen LogP contribution in [-0.4, -0.2) is 27.0 Å². The molecule has 0 N–H and O–H groups in total. The van der Waals surface area contributed by atoms with Gasteiger partial charge in [0.2, 0.25) is 0 Å². The summed E-state index contributed by atoms with van der Waals surface area (Å²) in [4.78, 5) is 11.9. The smallest absolute Gasteiger partial charge is 0.306 e. The Hall–Kier alpha value is -0.873. The van der Waals surface area contributed by atoms with Crippen molar-refractivity contribution >= 4 is 14.3 Å². The fourth-order valence-electron chi connectivity index (χ4n) is 3.19. The third-order valence-electron chi connectivity index (χ3n) is 5.97. The molecule has 0 heterocycles. The molecule has 1 aliphatic rings. The number of hydrogen-bond acceptors (Lipinski definition) is 3. The van der Waals surface area contributed by atoms with Crippen LogP contribution in [0.5, 0.6) is 0 Å². The standard InChI is InChI=1S/C23H42O3Si/c1-8-10-11-15-21(26-27(6,7)23(3,4)5)17-16-19-13-12-14-20(19)18-22(24)25-9-2/h12,14,16-17,19-21H,8-11,13,15,18H2,1-7H3/b17-16+/t19-,20-,21+/m1/s1. The Bertz CT molecular complexity index is 502. The van der Waals surface area contributed by atoms with Gasteiger partial charge in [-0.05, 0) is 49.7 Å². The minimum absolute atomic E-state index is 0.0931. The third kappa shape index (κ3) is 8.35. The second-order valence-electron chi connectivity index (χ2n) is 9.30. The number of ether oxygens (including phenoxy) is 1. The summed E-state index contributed by atoms with van der Waals surface area (Å²) in [6.45, 7) is 16.1. The number of carbonyl (C=O) groups excluding carboxylic acids is 1. The highest BCUT2D eigenvalue weighted by Gasteiger charge is 2.38. The number of hydrogen-bond donors (Lipinski definition) is 0. The van der Waals surface area contributed by atoms with Crippen molar-refractivity contribution in [3.63, 3.8) is 0 Å². The molecule has 0 aromatic heterocycles. The van der Waals surface area contributed by atoms with Crippen molar-refractivity contribution in [2.24, 2.45) is 11.8 Å². The first kappa shape index (κ1) is 24.2. The second kappa shape index (κ2) is 11.2. The van der Waals surface area contributed by atoms with Crippen LogP contribution in [0.2, 0.25) is 18.1 Å². The van der Waals surface area contributed by atoms with Crippen LogP contribution in [0.4, 0.5) is 0 Å². The molecule has 0 aliphatic heterocycles. The van der Waals surface area contributed by atoms with Crippen LogP contribution >= 0.6 is 0 Å². The molecule has 0 radical (unpaired) electrons. The Kier molecular flexibility index (Phi) is 10.0. The van der Waals surface area contributed by atoms with Crippen LogP contribution in [0.3, 0.4) is 0 Å². The molecule has 0 unspecified atom stereocenters. The van der Waals surface area contributed by atoms with Gasteiger partial charge >= 0.3 is 5.97 Å². The van der Waals surface area contributed by atoms with E-state index >= 15 is 0 Å². The molecule has 0 aromatic carbocycles. The lowest BCUT2D eigenvalue weighted by Gasteiger charge is -2.38. The highest BCUT2D eigenvalue weighted by Crippen LogP contribution is 2.38. The zero-order valence-electron chi connectivity index (χ0n) is 18.7. The van der Waals surface area contributed by atoms with Crippen molar-refractivity contribution in [1.29, 1.82) is 0 Å². The molecule has 156 valence electrons. The van der Waals surface area contributed by atoms with Crippen molar-refractivity contribution in [1.82, 2.24) is 0 Å². The van der Waals surface area contributed by atoms with Gasteiger partial charge < -0.3 is 9.16 Å². The largest absolute Gasteiger partial charge is 0.466 e. The van der Waals surface area contributed by atoms with Crippen LogP contribution in [0.1, 0.15) is 73.1 Å². The molecule has 0 amide bonds. The van der Waals surface area contributed by atoms with Gasteiger partial charge in [0, 0.05) is 0 Å². The summed E-state index contributed by atoms with van der Waals surface area (Å²) in [5.74, 6) is 0.542. The molecule has 3 atom stereocenters. The molecular formula is C23H42O3Si. The fraction of sp³-hybridized carbons (Fsp3) is 0.783. The van der Waals surface area contributed by atoms with Crippen molar-refractivity contribution in [3.8, 4) is 0 Å². The summed E-state index contributed by atoms with van der Waals surface area (Å²) in [5.41, 5.74) is 0. The average molecular weight is 395 g/mol. The molecule has 0 saturated carbocycles. The van der Waals surface area contributed by atoms with Gasteiger partial charge in [0.05, 0.1) is 19.1 Å². The number of rotatable bonds is 11. The van der Waals surface area contributed by atoms with E-state index in [2.05, 4.69) is 65.1 Å². The van der Waals surface area contributed by atoms with Crippen LogP contribution in [0.25, 0.3) is 0 Å². The normalized spacial score (nSPS) is 21.7. The number of esters is 1. The number of unbranched alkanes of at least 4 members (excludes halogenated alkanes) is 2. The van der Waals surface area contributed by atoms with E-state index in [0.29, 0.717) is 18.9 Å². The molecular weight excluding hydrogens is 352 g/mol. The Morgan fingerprint density at radius 2 is 1.96 bits per heavy atom. The van der Waals surface area contributed by atoms with E-state index in [1.807, 2.05) is 6.92 Å². The van der Waals surface area contributed by atoms with Crippen LogP contribution in [0, 0.1) is 11.8 Å². The van der Waals surface area contributed by atoms with Crippen LogP contribution < -0.4 is 0 Å². The highest BCUT2D eigenvalue weighted by atomic mass is 28.4. The molecule has 0 bridgehead atoms. The number of carbonyl (C=O) groups is 1. The molecule has 3 nitrogen and oxygen atoms in total. The minimum atomic E-state index is -1.80. The van der Waals surface area contributed by atoms with Crippen molar-refractivity contribution < 1.29 is 14.0 Å². The maximum absolute atomic E-state index is 11.9. The van der Waals surface area contributed by atoms with Gasteiger partial charge in [-0.2, -0.15) is 0 Å². The predicted molar refractivity (Wildman–Crippen MR) is 117 cm³/mol. The lowest BCUT2D eigenvalue weighted by atomic mass is 9.91. The first-order chi connectivity index (χ1) is 12.6. The maximum atomic E-state index is 11.9. The van der Waals surface area contributed by atoms with Crippen molar-refractivity contribution in [2.75, 3.05) is 6.61 Å². The van der Waals surface area contributed by atoms with E-state index in [9.17, 15) is 4.79 Å². The predicted octanol–water partition coefficient (Wildman–Crippen LogP) is 6.66. The van der Waals surface area contributed by atoms with Crippen molar-refractivity contribution in [2.45, 2.75) is 97.4 Å². The molecule has 0 aromatic rings. The minimum Gasteiger partial charge on any atom is -0.466 e. The molecule has 0 saturated heterocycles. The topological polar surface area (TPSA) is 35.5 Å². The Balaban J connectivity index is 2.76. The maximum Gasteiger partial charge on any atom is 0.306 e. The van der Waals surface area contributed by atoms with Gasteiger partial charge in [0.1, 0.15) is 0 Å². The first-order valence-corrected chi connectivity index (χ1v) is 13.7. The van der Waals surface area contributed by atoms with Gasteiger partial charge in [-0.15, -0.1) is 0 Å². The van der Waals surface area contributed by atoms with E-state index in [1.54, 1.807) is 0 Å². The second-order valence-corrected chi connectivity index (χ2v) is 14.1. The van der Waals surface area contributed by atoms with Crippen molar-refractivity contribution in [3.05, 3.63) is 24.3 Å². The summed E-state index contributed by atoms with van der Waals surface area (Å²) in [6, 6.07) is 0. The highest BCUT2D eigenvalue weighted by molar-refractivity contribution is 6.74. The summed E-state index contributed by atoms with van der Waals surface area (Å²) in [5, 5.41) is 0.213. The molecule has 1 rings (SSSR count). The van der Waals surface area contributed by atoms with Crippen LogP contribution in [0.15, 0.2) is 24.3 Å². The summed E-state index contributed by atoms with van der Waals surface area (Å²) >= 11 is 0. The fourth-order valence-corrected chi connectivity index (χ4v) is 4.50. The van der Waals surface area contributed by atoms with E-state index < -0.39 is 8.32 Å². The molecule has 4 heteroatoms. The van der Waals surface area contributed by atoms with Gasteiger partial charge in [-0.1, -0.05) is 71.3 Å². The SMILES string of the molecule is CCCCC[C@@H](/C=C/[C@H]1CC=C[C@@H]1CC(=O)OCC)O[Si](C)(C)C(C)(C)C. The van der Waals surface area contributed by atoms with E-state index in [-0.39, 0.29) is 23.0 Å². The van der Waals surface area contributed by atoms with E-state index in [4.69, 9.17) is 9.16 Å². The zero-order chi connectivity index (χ0) is 20.5. The lowest BCUT2D eigenvalue weighted by Crippen LogP contribution is -2.43. The molecule has 1 aliphatic carbocycles. The monoisotopic (exact) mass is 394 g/mol. The molecule has 0 spiro atoms. The van der Waals surface area contributed by atoms with E-state index in [0.717, 1.165) is 12.8 Å². The summed E-state index contributed by atoms with van der Waals surface area (Å²) in [6.07, 6.45) is 15.4.